The molecule has 1 heterocycles. The lowest BCUT2D eigenvalue weighted by atomic mass is 9.88. The van der Waals surface area contributed by atoms with Crippen molar-refractivity contribution in [3.63, 3.8) is 0 Å². The lowest BCUT2D eigenvalue weighted by molar-refractivity contribution is 0.0896. The van der Waals surface area contributed by atoms with Gasteiger partial charge in [-0.2, -0.15) is 0 Å². The molecular formula is C13H19BrN2O2. The molecule has 0 saturated carbocycles. The number of nitrogens with zero attached hydrogens (tertiary/aromatic N) is 1. The second kappa shape index (κ2) is 6.29. The van der Waals surface area contributed by atoms with E-state index in [4.69, 9.17) is 0 Å². The molecule has 1 atom stereocenters. The van der Waals surface area contributed by atoms with E-state index < -0.39 is 0 Å². The van der Waals surface area contributed by atoms with Gasteiger partial charge in [-0.3, -0.25) is 4.79 Å². The van der Waals surface area contributed by atoms with Crippen LogP contribution in [0.15, 0.2) is 22.9 Å². The second-order valence-electron chi connectivity index (χ2n) is 5.46. The van der Waals surface area contributed by atoms with E-state index in [0.717, 1.165) is 0 Å². The molecule has 0 aliphatic rings. The summed E-state index contributed by atoms with van der Waals surface area (Å²) in [5, 5.41) is 12.1. The smallest absolute Gasteiger partial charge is 0.254 e. The summed E-state index contributed by atoms with van der Waals surface area (Å²) < 4.78 is 0.509. The molecule has 0 saturated heterocycles. The van der Waals surface area contributed by atoms with Gasteiger partial charge in [-0.15, -0.1) is 0 Å². The predicted molar refractivity (Wildman–Crippen MR) is 74.3 cm³/mol. The van der Waals surface area contributed by atoms with E-state index in [1.54, 1.807) is 18.3 Å². The summed E-state index contributed by atoms with van der Waals surface area (Å²) in [6.45, 7) is 6.15. The van der Waals surface area contributed by atoms with Crippen molar-refractivity contribution in [2.75, 3.05) is 6.61 Å². The minimum absolute atomic E-state index is 0.0485. The van der Waals surface area contributed by atoms with Crippen LogP contribution in [-0.2, 0) is 0 Å². The summed E-state index contributed by atoms with van der Waals surface area (Å²) in [6.07, 6.45) is 2.33. The second-order valence-corrected chi connectivity index (χ2v) is 6.21. The van der Waals surface area contributed by atoms with Crippen LogP contribution in [0.2, 0.25) is 0 Å². The minimum atomic E-state index is -0.246. The van der Waals surface area contributed by atoms with Crippen LogP contribution >= 0.6 is 15.9 Å². The molecule has 1 amide bonds. The molecule has 5 heteroatoms. The lowest BCUT2D eigenvalue weighted by Crippen LogP contribution is -2.40. The number of rotatable bonds is 4. The summed E-state index contributed by atoms with van der Waals surface area (Å²) in [6, 6.07) is 3.15. The van der Waals surface area contributed by atoms with Crippen molar-refractivity contribution < 1.29 is 9.90 Å². The Kier molecular flexibility index (Phi) is 5.28. The fourth-order valence-electron chi connectivity index (χ4n) is 1.72. The first-order chi connectivity index (χ1) is 8.33. The number of amides is 1. The van der Waals surface area contributed by atoms with Crippen LogP contribution in [0.1, 0.15) is 37.6 Å². The Morgan fingerprint density at radius 1 is 1.56 bits per heavy atom. The normalized spacial score (nSPS) is 13.2. The number of aliphatic hydroxyl groups is 1. The Bertz CT molecular complexity index is 416. The Hall–Kier alpha value is -0.940. The maximum absolute atomic E-state index is 12.0. The third-order valence-electron chi connectivity index (χ3n) is 2.42. The zero-order valence-electron chi connectivity index (χ0n) is 10.9. The van der Waals surface area contributed by atoms with Crippen LogP contribution < -0.4 is 5.32 Å². The summed E-state index contributed by atoms with van der Waals surface area (Å²) in [5.74, 6) is -0.224. The molecule has 0 aliphatic carbocycles. The minimum Gasteiger partial charge on any atom is -0.394 e. The largest absolute Gasteiger partial charge is 0.394 e. The van der Waals surface area contributed by atoms with Crippen LogP contribution in [0.5, 0.6) is 0 Å². The number of hydrogen-bond acceptors (Lipinski definition) is 3. The molecule has 1 unspecified atom stereocenters. The van der Waals surface area contributed by atoms with Gasteiger partial charge in [0.25, 0.3) is 5.91 Å². The van der Waals surface area contributed by atoms with E-state index in [0.29, 0.717) is 16.6 Å². The SMILES string of the molecule is CC(C)(C)CC(CO)NC(=O)c1cccnc1Br. The Balaban J connectivity index is 2.71. The molecule has 2 N–H and O–H groups in total. The van der Waals surface area contributed by atoms with Gasteiger partial charge in [0.05, 0.1) is 18.2 Å². The lowest BCUT2D eigenvalue weighted by Gasteiger charge is -2.25. The maximum Gasteiger partial charge on any atom is 0.254 e. The van der Waals surface area contributed by atoms with Crippen LogP contribution in [0.25, 0.3) is 0 Å². The van der Waals surface area contributed by atoms with E-state index in [1.807, 2.05) is 0 Å². The van der Waals surface area contributed by atoms with Gasteiger partial charge < -0.3 is 10.4 Å². The highest BCUT2D eigenvalue weighted by Gasteiger charge is 2.21. The average Bonchev–Trinajstić information content (AvgIpc) is 2.26. The van der Waals surface area contributed by atoms with Gasteiger partial charge in [0.1, 0.15) is 4.60 Å². The van der Waals surface area contributed by atoms with Crippen molar-refractivity contribution in [1.29, 1.82) is 0 Å². The van der Waals surface area contributed by atoms with Crippen molar-refractivity contribution in [3.05, 3.63) is 28.5 Å². The van der Waals surface area contributed by atoms with Gasteiger partial charge in [0.15, 0.2) is 0 Å². The third-order valence-corrected chi connectivity index (χ3v) is 3.05. The van der Waals surface area contributed by atoms with E-state index >= 15 is 0 Å². The Morgan fingerprint density at radius 2 is 2.22 bits per heavy atom. The number of hydrogen-bond donors (Lipinski definition) is 2. The maximum atomic E-state index is 12.0. The first-order valence-corrected chi connectivity index (χ1v) is 6.65. The van der Waals surface area contributed by atoms with E-state index in [2.05, 4.69) is 47.0 Å². The summed E-state index contributed by atoms with van der Waals surface area (Å²) in [5.41, 5.74) is 0.525. The molecule has 0 spiro atoms. The molecular weight excluding hydrogens is 296 g/mol. The third kappa shape index (κ3) is 4.74. The molecule has 1 aromatic rings. The number of aliphatic hydroxyl groups excluding tert-OH is 1. The highest BCUT2D eigenvalue weighted by Crippen LogP contribution is 2.21. The standard InChI is InChI=1S/C13H19BrN2O2/c1-13(2,3)7-9(8-17)16-12(18)10-5-4-6-15-11(10)14/h4-6,9,17H,7-8H2,1-3H3,(H,16,18). The number of carbonyl (C=O) groups excluding carboxylic acids is 1. The van der Waals surface area contributed by atoms with Gasteiger partial charge >= 0.3 is 0 Å². The molecule has 0 aliphatic heterocycles. The summed E-state index contributed by atoms with van der Waals surface area (Å²) in [7, 11) is 0. The van der Waals surface area contributed by atoms with Crippen molar-refractivity contribution >= 4 is 21.8 Å². The molecule has 4 nitrogen and oxygen atoms in total. The van der Waals surface area contributed by atoms with E-state index in [-0.39, 0.29) is 24.0 Å². The zero-order valence-corrected chi connectivity index (χ0v) is 12.5. The van der Waals surface area contributed by atoms with Gasteiger partial charge in [-0.25, -0.2) is 4.98 Å². The van der Waals surface area contributed by atoms with Gasteiger partial charge in [-0.05, 0) is 39.9 Å². The number of carbonyl (C=O) groups is 1. The fraction of sp³-hybridized carbons (Fsp3) is 0.538. The first kappa shape index (κ1) is 15.1. The van der Waals surface area contributed by atoms with Crippen molar-refractivity contribution in [3.8, 4) is 0 Å². The molecule has 0 bridgehead atoms. The molecule has 1 aromatic heterocycles. The zero-order chi connectivity index (χ0) is 13.8. The monoisotopic (exact) mass is 314 g/mol. The summed E-state index contributed by atoms with van der Waals surface area (Å²) >= 11 is 3.24. The Labute approximate surface area is 116 Å². The molecule has 0 radical (unpaired) electrons. The van der Waals surface area contributed by atoms with Gasteiger partial charge in [0.2, 0.25) is 0 Å². The molecule has 18 heavy (non-hydrogen) atoms. The van der Waals surface area contributed by atoms with Crippen LogP contribution in [-0.4, -0.2) is 28.6 Å². The topological polar surface area (TPSA) is 62.2 Å². The summed E-state index contributed by atoms with van der Waals surface area (Å²) in [4.78, 5) is 16.0. The fourth-order valence-corrected chi connectivity index (χ4v) is 2.15. The molecule has 1 rings (SSSR count). The van der Waals surface area contributed by atoms with Crippen LogP contribution in [0, 0.1) is 5.41 Å². The average molecular weight is 315 g/mol. The highest BCUT2D eigenvalue weighted by atomic mass is 79.9. The van der Waals surface area contributed by atoms with Crippen molar-refractivity contribution in [1.82, 2.24) is 10.3 Å². The van der Waals surface area contributed by atoms with E-state index in [1.165, 1.54) is 0 Å². The highest BCUT2D eigenvalue weighted by molar-refractivity contribution is 9.10. The van der Waals surface area contributed by atoms with Crippen molar-refractivity contribution in [2.45, 2.75) is 33.2 Å². The van der Waals surface area contributed by atoms with Gasteiger partial charge in [-0.1, -0.05) is 20.8 Å². The van der Waals surface area contributed by atoms with E-state index in [9.17, 15) is 9.90 Å². The van der Waals surface area contributed by atoms with Crippen LogP contribution in [0.4, 0.5) is 0 Å². The molecule has 100 valence electrons. The van der Waals surface area contributed by atoms with Crippen molar-refractivity contribution in [2.24, 2.45) is 5.41 Å². The van der Waals surface area contributed by atoms with Crippen LogP contribution in [0.3, 0.4) is 0 Å². The quantitative estimate of drug-likeness (QED) is 0.839. The molecule has 0 aromatic carbocycles. The number of pyridine rings is 1. The number of aromatic nitrogens is 1. The predicted octanol–water partition coefficient (Wildman–Crippen LogP) is 2.37. The number of halogens is 1. The van der Waals surface area contributed by atoms with Gasteiger partial charge in [0, 0.05) is 6.20 Å². The molecule has 0 fully saturated rings. The number of nitrogens with one attached hydrogen (secondary N) is 1. The Morgan fingerprint density at radius 3 is 2.72 bits per heavy atom. The first-order valence-electron chi connectivity index (χ1n) is 5.86.